The highest BCUT2D eigenvalue weighted by Crippen LogP contribution is 2.43. The van der Waals surface area contributed by atoms with E-state index in [9.17, 15) is 0 Å². The monoisotopic (exact) mass is 832 g/mol. The van der Waals surface area contributed by atoms with Crippen LogP contribution in [0.3, 0.4) is 0 Å². The molecule has 3 aromatic heterocycles. The van der Waals surface area contributed by atoms with Gasteiger partial charge in [-0.1, -0.05) is 182 Å². The van der Waals surface area contributed by atoms with Crippen molar-refractivity contribution in [2.24, 2.45) is 0 Å². The van der Waals surface area contributed by atoms with Gasteiger partial charge in [0.2, 0.25) is 0 Å². The highest BCUT2D eigenvalue weighted by atomic mass is 28.3. The summed E-state index contributed by atoms with van der Waals surface area (Å²) in [5.41, 5.74) is 11.2. The van der Waals surface area contributed by atoms with Crippen molar-refractivity contribution in [1.82, 2.24) is 9.13 Å². The first kappa shape index (κ1) is 36.5. The molecule has 0 radical (unpaired) electrons. The van der Waals surface area contributed by atoms with E-state index in [0.29, 0.717) is 0 Å². The van der Waals surface area contributed by atoms with Crippen molar-refractivity contribution in [2.75, 3.05) is 0 Å². The van der Waals surface area contributed by atoms with Crippen LogP contribution < -0.4 is 20.7 Å². The largest absolute Gasteiger partial charge is 0.456 e. The van der Waals surface area contributed by atoms with Crippen LogP contribution in [-0.4, -0.2) is 17.2 Å². The number of benzene rings is 10. The SMILES string of the molecule is c1ccc([Si](c2ccccc2)(c2ccccc2)c2cccc(-n3c4ccccc4c4c(-n5c6ccccc6c6c(-c7ccc8oc9ccccc9c8c7)cccc65)cccc43)c2)cc1. The molecule has 0 bridgehead atoms. The molecular weight excluding hydrogens is 793 g/mol. The van der Waals surface area contributed by atoms with E-state index in [1.54, 1.807) is 0 Å². The maximum absolute atomic E-state index is 6.25. The molecule has 0 aliphatic carbocycles. The lowest BCUT2D eigenvalue weighted by Gasteiger charge is -2.34. The highest BCUT2D eigenvalue weighted by molar-refractivity contribution is 7.19. The highest BCUT2D eigenvalue weighted by Gasteiger charge is 2.41. The van der Waals surface area contributed by atoms with Gasteiger partial charge in [0.05, 0.1) is 27.8 Å². The average Bonchev–Trinajstić information content (AvgIpc) is 4.03. The summed E-state index contributed by atoms with van der Waals surface area (Å²) in [5.74, 6) is 0. The molecule has 0 amide bonds. The molecule has 3 nitrogen and oxygen atoms in total. The maximum atomic E-state index is 6.25. The molecule has 0 unspecified atom stereocenters. The second-order valence-electron chi connectivity index (χ2n) is 16.8. The van der Waals surface area contributed by atoms with E-state index in [1.807, 2.05) is 12.1 Å². The van der Waals surface area contributed by atoms with Crippen LogP contribution in [0.2, 0.25) is 0 Å². The van der Waals surface area contributed by atoms with Gasteiger partial charge in [0.15, 0.2) is 8.07 Å². The maximum Gasteiger partial charge on any atom is 0.179 e. The Morgan fingerprint density at radius 2 is 0.812 bits per heavy atom. The number of hydrogen-bond donors (Lipinski definition) is 0. The van der Waals surface area contributed by atoms with Gasteiger partial charge in [-0.15, -0.1) is 0 Å². The molecule has 4 heteroatoms. The molecule has 10 aromatic carbocycles. The minimum Gasteiger partial charge on any atom is -0.456 e. The number of rotatable bonds is 7. The van der Waals surface area contributed by atoms with Gasteiger partial charge in [-0.25, -0.2) is 0 Å². The van der Waals surface area contributed by atoms with Crippen LogP contribution in [0, 0.1) is 0 Å². The quantitative estimate of drug-likeness (QED) is 0.116. The Morgan fingerprint density at radius 1 is 0.312 bits per heavy atom. The Balaban J connectivity index is 1.06. The molecule has 13 aromatic rings. The normalized spacial score (nSPS) is 12.1. The average molecular weight is 833 g/mol. The van der Waals surface area contributed by atoms with E-state index >= 15 is 0 Å². The van der Waals surface area contributed by atoms with E-state index < -0.39 is 8.07 Å². The van der Waals surface area contributed by atoms with E-state index in [0.717, 1.165) is 33.3 Å². The molecule has 0 aliphatic rings. The summed E-state index contributed by atoms with van der Waals surface area (Å²) in [6, 6.07) is 89.3. The molecule has 64 heavy (non-hydrogen) atoms. The minimum absolute atomic E-state index is 0.904. The lowest BCUT2D eigenvalue weighted by Crippen LogP contribution is -2.74. The van der Waals surface area contributed by atoms with Gasteiger partial charge in [-0.2, -0.15) is 0 Å². The second kappa shape index (κ2) is 14.5. The number of fused-ring (bicyclic) bond motifs is 9. The smallest absolute Gasteiger partial charge is 0.179 e. The minimum atomic E-state index is -2.78. The lowest BCUT2D eigenvalue weighted by atomic mass is 9.98. The van der Waals surface area contributed by atoms with Crippen LogP contribution in [-0.2, 0) is 0 Å². The second-order valence-corrected chi connectivity index (χ2v) is 20.6. The first-order valence-corrected chi connectivity index (χ1v) is 24.0. The fourth-order valence-corrected chi connectivity index (χ4v) is 15.6. The summed E-state index contributed by atoms with van der Waals surface area (Å²) in [6.07, 6.45) is 0. The number of furan rings is 1. The third-order valence-electron chi connectivity index (χ3n) is 13.5. The fraction of sp³-hybridized carbons (Fsp3) is 0. The molecule has 0 aliphatic heterocycles. The van der Waals surface area contributed by atoms with E-state index in [-0.39, 0.29) is 0 Å². The van der Waals surface area contributed by atoms with Crippen LogP contribution in [0.1, 0.15) is 0 Å². The molecule has 0 atom stereocenters. The fourth-order valence-electron chi connectivity index (χ4n) is 10.8. The van der Waals surface area contributed by atoms with Crippen LogP contribution >= 0.6 is 0 Å². The summed E-state index contributed by atoms with van der Waals surface area (Å²) in [4.78, 5) is 0. The first-order chi connectivity index (χ1) is 31.8. The summed E-state index contributed by atoms with van der Waals surface area (Å²) < 4.78 is 11.2. The van der Waals surface area contributed by atoms with Crippen LogP contribution in [0.25, 0.3) is 88.1 Å². The van der Waals surface area contributed by atoms with Gasteiger partial charge >= 0.3 is 0 Å². The van der Waals surface area contributed by atoms with E-state index in [1.165, 1.54) is 75.5 Å². The first-order valence-electron chi connectivity index (χ1n) is 22.0. The summed E-state index contributed by atoms with van der Waals surface area (Å²) in [7, 11) is -2.78. The predicted molar refractivity (Wildman–Crippen MR) is 271 cm³/mol. The molecule has 0 spiro atoms. The Kier molecular flexibility index (Phi) is 8.23. The van der Waals surface area contributed by atoms with Gasteiger partial charge in [0.25, 0.3) is 0 Å². The van der Waals surface area contributed by atoms with Crippen molar-refractivity contribution in [3.05, 3.63) is 243 Å². The predicted octanol–water partition coefficient (Wildman–Crippen LogP) is 12.8. The van der Waals surface area contributed by atoms with Crippen LogP contribution in [0.5, 0.6) is 0 Å². The van der Waals surface area contributed by atoms with Crippen molar-refractivity contribution in [3.63, 3.8) is 0 Å². The number of nitrogens with zero attached hydrogens (tertiary/aromatic N) is 2. The van der Waals surface area contributed by atoms with E-state index in [2.05, 4.69) is 240 Å². The molecule has 0 saturated heterocycles. The molecule has 13 rings (SSSR count). The van der Waals surface area contributed by atoms with Crippen molar-refractivity contribution >= 4 is 94.4 Å². The van der Waals surface area contributed by atoms with Crippen LogP contribution in [0.15, 0.2) is 247 Å². The van der Waals surface area contributed by atoms with Gasteiger partial charge in [0.1, 0.15) is 11.2 Å². The molecule has 0 N–H and O–H groups in total. The molecule has 0 saturated carbocycles. The number of para-hydroxylation sites is 3. The Bertz CT molecular complexity index is 3800. The van der Waals surface area contributed by atoms with Crippen molar-refractivity contribution in [1.29, 1.82) is 0 Å². The topological polar surface area (TPSA) is 23.0 Å². The molecular formula is C60H40N2OSi. The Labute approximate surface area is 371 Å². The van der Waals surface area contributed by atoms with Gasteiger partial charge in [-0.05, 0) is 92.5 Å². The molecule has 3 heterocycles. The standard InChI is InChI=1S/C60H40N2OSi/c1-4-20-43(21-5-1)64(44-22-6-2-7-23-44,45-24-8-3-9-25-45)46-26-16-19-42(40-46)61-52-31-13-11-29-50(52)60-55(61)34-18-35-56(60)62-53-32-14-10-28-49(53)59-47(30-17-33-54(59)62)41-37-38-58-51(39-41)48-27-12-15-36-57(48)63-58/h1-40H. The van der Waals surface area contributed by atoms with Crippen LogP contribution in [0.4, 0.5) is 0 Å². The van der Waals surface area contributed by atoms with E-state index in [4.69, 9.17) is 4.42 Å². The van der Waals surface area contributed by atoms with Gasteiger partial charge in [-0.3, -0.25) is 0 Å². The number of hydrogen-bond acceptors (Lipinski definition) is 1. The zero-order valence-corrected chi connectivity index (χ0v) is 35.9. The lowest BCUT2D eigenvalue weighted by molar-refractivity contribution is 0.669. The molecule has 0 fully saturated rings. The van der Waals surface area contributed by atoms with Crippen molar-refractivity contribution < 1.29 is 4.42 Å². The van der Waals surface area contributed by atoms with Gasteiger partial charge < -0.3 is 13.6 Å². The third-order valence-corrected chi connectivity index (χ3v) is 18.2. The zero-order chi connectivity index (χ0) is 42.2. The Morgan fingerprint density at radius 3 is 1.50 bits per heavy atom. The summed E-state index contributed by atoms with van der Waals surface area (Å²) >= 11 is 0. The third kappa shape index (κ3) is 5.33. The number of aromatic nitrogens is 2. The summed E-state index contributed by atoms with van der Waals surface area (Å²) in [5, 5.41) is 12.6. The summed E-state index contributed by atoms with van der Waals surface area (Å²) in [6.45, 7) is 0. The molecule has 300 valence electrons. The zero-order valence-electron chi connectivity index (χ0n) is 34.9. The van der Waals surface area contributed by atoms with Gasteiger partial charge in [0, 0.05) is 38.0 Å². The van der Waals surface area contributed by atoms with Crippen molar-refractivity contribution in [2.45, 2.75) is 0 Å². The van der Waals surface area contributed by atoms with Crippen molar-refractivity contribution in [3.8, 4) is 22.5 Å². The Hall–Kier alpha value is -8.18.